The summed E-state index contributed by atoms with van der Waals surface area (Å²) >= 11 is 0. The van der Waals surface area contributed by atoms with Crippen LogP contribution in [0.25, 0.3) is 22.2 Å². The maximum Gasteiger partial charge on any atom is 0.196 e. The van der Waals surface area contributed by atoms with Crippen molar-refractivity contribution in [3.8, 4) is 17.1 Å². The first-order valence-corrected chi connectivity index (χ1v) is 8.69. The van der Waals surface area contributed by atoms with E-state index in [1.54, 1.807) is 7.11 Å². The molecule has 0 atom stereocenters. The Morgan fingerprint density at radius 1 is 1.00 bits per heavy atom. The van der Waals surface area contributed by atoms with Gasteiger partial charge >= 0.3 is 0 Å². The molecule has 1 heterocycles. The maximum atomic E-state index is 13.2. The third kappa shape index (κ3) is 2.39. The van der Waals surface area contributed by atoms with Crippen molar-refractivity contribution >= 4 is 22.4 Å². The van der Waals surface area contributed by atoms with Crippen molar-refractivity contribution in [2.75, 3.05) is 12.4 Å². The minimum absolute atomic E-state index is 0.0101. The number of rotatable bonds is 4. The molecule has 5 rings (SSSR count). The number of hydrogen-bond acceptors (Lipinski definition) is 5. The number of carbonyl (C=O) groups is 1. The first kappa shape index (κ1) is 15.6. The summed E-state index contributed by atoms with van der Waals surface area (Å²) in [7, 11) is 1.65. The third-order valence-corrected chi connectivity index (χ3v) is 4.93. The standard InChI is InChI=1S/C22H16N2O3/c1-26-14-8-6-13(7-9-14)12-23-17-10-11-18-20-19(17)21(25)15-4-2-3-5-16(15)22(20)27-24-18/h2-11,23H,12H2,1H3. The second-order valence-corrected chi connectivity index (χ2v) is 6.47. The Balaban J connectivity index is 1.57. The lowest BCUT2D eigenvalue weighted by atomic mass is 9.87. The van der Waals surface area contributed by atoms with Crippen LogP contribution in [-0.4, -0.2) is 18.0 Å². The van der Waals surface area contributed by atoms with E-state index in [0.717, 1.165) is 28.0 Å². The number of anilines is 1. The van der Waals surface area contributed by atoms with Gasteiger partial charge in [-0.2, -0.15) is 0 Å². The number of methoxy groups -OCH3 is 1. The summed E-state index contributed by atoms with van der Waals surface area (Å²) < 4.78 is 10.8. The summed E-state index contributed by atoms with van der Waals surface area (Å²) in [6, 6.07) is 19.1. The molecule has 1 aromatic heterocycles. The van der Waals surface area contributed by atoms with Crippen LogP contribution in [0.2, 0.25) is 0 Å². The van der Waals surface area contributed by atoms with E-state index >= 15 is 0 Å². The minimum Gasteiger partial charge on any atom is -0.497 e. The van der Waals surface area contributed by atoms with Gasteiger partial charge in [-0.1, -0.05) is 41.6 Å². The van der Waals surface area contributed by atoms with E-state index < -0.39 is 0 Å². The van der Waals surface area contributed by atoms with Crippen LogP contribution in [0.4, 0.5) is 5.69 Å². The fourth-order valence-corrected chi connectivity index (χ4v) is 3.56. The number of fused-ring (bicyclic) bond motifs is 2. The number of nitrogens with zero attached hydrogens (tertiary/aromatic N) is 1. The maximum absolute atomic E-state index is 13.2. The van der Waals surface area contributed by atoms with Gasteiger partial charge in [0.25, 0.3) is 0 Å². The van der Waals surface area contributed by atoms with Gasteiger partial charge in [0.2, 0.25) is 0 Å². The molecule has 0 amide bonds. The van der Waals surface area contributed by atoms with Crippen molar-refractivity contribution in [2.45, 2.75) is 6.54 Å². The smallest absolute Gasteiger partial charge is 0.196 e. The molecule has 27 heavy (non-hydrogen) atoms. The predicted molar refractivity (Wildman–Crippen MR) is 103 cm³/mol. The number of carbonyl (C=O) groups excluding carboxylic acids is 1. The molecular formula is C22H16N2O3. The summed E-state index contributed by atoms with van der Waals surface area (Å²) in [6.45, 7) is 0.595. The van der Waals surface area contributed by atoms with Crippen LogP contribution in [0, 0.1) is 0 Å². The molecule has 1 aliphatic rings. The first-order chi connectivity index (χ1) is 13.3. The normalized spacial score (nSPS) is 12.1. The van der Waals surface area contributed by atoms with Gasteiger partial charge in [0.05, 0.1) is 18.1 Å². The van der Waals surface area contributed by atoms with Crippen molar-refractivity contribution < 1.29 is 14.1 Å². The molecule has 5 nitrogen and oxygen atoms in total. The average molecular weight is 356 g/mol. The zero-order valence-electron chi connectivity index (χ0n) is 14.7. The van der Waals surface area contributed by atoms with Crippen LogP contribution in [-0.2, 0) is 6.54 Å². The van der Waals surface area contributed by atoms with Crippen LogP contribution >= 0.6 is 0 Å². The molecule has 1 aliphatic carbocycles. The van der Waals surface area contributed by atoms with E-state index in [1.807, 2.05) is 60.7 Å². The summed E-state index contributed by atoms with van der Waals surface area (Å²) in [5, 5.41) is 8.30. The topological polar surface area (TPSA) is 64.4 Å². The first-order valence-electron chi connectivity index (χ1n) is 8.69. The van der Waals surface area contributed by atoms with Gasteiger partial charge < -0.3 is 14.6 Å². The lowest BCUT2D eigenvalue weighted by molar-refractivity contribution is 0.104. The Kier molecular flexibility index (Phi) is 3.47. The van der Waals surface area contributed by atoms with E-state index in [2.05, 4.69) is 10.5 Å². The zero-order valence-corrected chi connectivity index (χ0v) is 14.7. The van der Waals surface area contributed by atoms with Crippen molar-refractivity contribution in [1.29, 1.82) is 0 Å². The van der Waals surface area contributed by atoms with Gasteiger partial charge in [-0.15, -0.1) is 0 Å². The molecule has 4 aromatic rings. The fourth-order valence-electron chi connectivity index (χ4n) is 3.56. The predicted octanol–water partition coefficient (Wildman–Crippen LogP) is 4.66. The van der Waals surface area contributed by atoms with Crippen LogP contribution in [0.5, 0.6) is 5.75 Å². The Morgan fingerprint density at radius 2 is 1.78 bits per heavy atom. The molecule has 1 N–H and O–H groups in total. The lowest BCUT2D eigenvalue weighted by Crippen LogP contribution is -2.12. The molecule has 0 bridgehead atoms. The zero-order chi connectivity index (χ0) is 18.4. The molecule has 0 spiro atoms. The molecule has 0 aliphatic heterocycles. The Hall–Kier alpha value is -3.60. The van der Waals surface area contributed by atoms with Crippen LogP contribution in [0.3, 0.4) is 0 Å². The summed E-state index contributed by atoms with van der Waals surface area (Å²) in [4.78, 5) is 13.2. The van der Waals surface area contributed by atoms with Crippen molar-refractivity contribution in [1.82, 2.24) is 5.16 Å². The summed E-state index contributed by atoms with van der Waals surface area (Å²) in [6.07, 6.45) is 0. The molecular weight excluding hydrogens is 340 g/mol. The molecule has 0 unspecified atom stereocenters. The fraction of sp³-hybridized carbons (Fsp3) is 0.0909. The van der Waals surface area contributed by atoms with Crippen molar-refractivity contribution in [2.24, 2.45) is 0 Å². The number of benzene rings is 3. The summed E-state index contributed by atoms with van der Waals surface area (Å²) in [5.74, 6) is 1.46. The van der Waals surface area contributed by atoms with Crippen molar-refractivity contribution in [3.63, 3.8) is 0 Å². The van der Waals surface area contributed by atoms with E-state index in [0.29, 0.717) is 28.9 Å². The number of ether oxygens (including phenoxy) is 1. The van der Waals surface area contributed by atoms with Gasteiger partial charge in [0.1, 0.15) is 11.3 Å². The van der Waals surface area contributed by atoms with Gasteiger partial charge in [-0.3, -0.25) is 4.79 Å². The third-order valence-electron chi connectivity index (χ3n) is 4.93. The lowest BCUT2D eigenvalue weighted by Gasteiger charge is -2.18. The number of aromatic nitrogens is 1. The highest BCUT2D eigenvalue weighted by Gasteiger charge is 2.30. The van der Waals surface area contributed by atoms with E-state index in [9.17, 15) is 4.79 Å². The molecule has 5 heteroatoms. The van der Waals surface area contributed by atoms with Gasteiger partial charge in [-0.05, 0) is 29.8 Å². The molecule has 3 aromatic carbocycles. The highest BCUT2D eigenvalue weighted by atomic mass is 16.5. The quantitative estimate of drug-likeness (QED) is 0.507. The molecule has 0 radical (unpaired) electrons. The van der Waals surface area contributed by atoms with Crippen LogP contribution < -0.4 is 10.1 Å². The second kappa shape index (κ2) is 5.99. The highest BCUT2D eigenvalue weighted by Crippen LogP contribution is 2.42. The van der Waals surface area contributed by atoms with Gasteiger partial charge in [0.15, 0.2) is 11.5 Å². The minimum atomic E-state index is -0.0101. The SMILES string of the molecule is COc1ccc(CNc2ccc3noc4c3c2C(=O)c2ccccc2-4)cc1. The largest absolute Gasteiger partial charge is 0.497 e. The molecule has 0 saturated heterocycles. The van der Waals surface area contributed by atoms with Crippen LogP contribution in [0.15, 0.2) is 65.2 Å². The Bertz CT molecular complexity index is 1180. The second-order valence-electron chi connectivity index (χ2n) is 6.47. The van der Waals surface area contributed by atoms with Gasteiger partial charge in [0, 0.05) is 23.4 Å². The highest BCUT2D eigenvalue weighted by molar-refractivity contribution is 6.27. The average Bonchev–Trinajstić information content (AvgIpc) is 3.15. The van der Waals surface area contributed by atoms with E-state index in [-0.39, 0.29) is 5.78 Å². The number of nitrogens with one attached hydrogen (secondary N) is 1. The monoisotopic (exact) mass is 356 g/mol. The Labute approximate surface area is 155 Å². The number of hydrogen-bond donors (Lipinski definition) is 1. The van der Waals surface area contributed by atoms with Crippen LogP contribution in [0.1, 0.15) is 21.5 Å². The van der Waals surface area contributed by atoms with Crippen molar-refractivity contribution in [3.05, 3.63) is 77.4 Å². The van der Waals surface area contributed by atoms with E-state index in [1.165, 1.54) is 0 Å². The summed E-state index contributed by atoms with van der Waals surface area (Å²) in [5.41, 5.74) is 4.62. The molecule has 0 fully saturated rings. The van der Waals surface area contributed by atoms with E-state index in [4.69, 9.17) is 9.26 Å². The molecule has 132 valence electrons. The Morgan fingerprint density at radius 3 is 2.56 bits per heavy atom. The number of ketones is 1. The van der Waals surface area contributed by atoms with Gasteiger partial charge in [-0.25, -0.2) is 0 Å². The molecule has 0 saturated carbocycles.